The molecule has 2 rings (SSSR count). The second-order valence-electron chi connectivity index (χ2n) is 4.10. The lowest BCUT2D eigenvalue weighted by molar-refractivity contribution is 0.165. The molecule has 0 aromatic carbocycles. The Morgan fingerprint density at radius 3 is 3.20 bits per heavy atom. The summed E-state index contributed by atoms with van der Waals surface area (Å²) in [5, 5.41) is 4.67. The monoisotopic (exact) mass is 225 g/mol. The molecule has 1 aliphatic heterocycles. The minimum absolute atomic E-state index is 0.632. The van der Waals surface area contributed by atoms with Crippen LogP contribution in [0.5, 0.6) is 0 Å². The first kappa shape index (κ1) is 11.0. The van der Waals surface area contributed by atoms with Crippen LogP contribution in [0.15, 0.2) is 6.20 Å². The van der Waals surface area contributed by atoms with E-state index in [9.17, 15) is 0 Å². The summed E-state index contributed by atoms with van der Waals surface area (Å²) in [6, 6.07) is 0.632. The van der Waals surface area contributed by atoms with Crippen LogP contribution in [0, 0.1) is 0 Å². The van der Waals surface area contributed by atoms with E-state index in [4.69, 9.17) is 0 Å². The van der Waals surface area contributed by atoms with Gasteiger partial charge >= 0.3 is 0 Å². The van der Waals surface area contributed by atoms with E-state index in [2.05, 4.69) is 29.0 Å². The van der Waals surface area contributed by atoms with Crippen molar-refractivity contribution in [2.45, 2.75) is 32.9 Å². The molecule has 4 heteroatoms. The van der Waals surface area contributed by atoms with Crippen molar-refractivity contribution in [3.63, 3.8) is 0 Å². The topological polar surface area (TPSA) is 28.2 Å². The van der Waals surface area contributed by atoms with Crippen LogP contribution < -0.4 is 5.32 Å². The van der Waals surface area contributed by atoms with E-state index < -0.39 is 0 Å². The van der Waals surface area contributed by atoms with E-state index in [1.807, 2.05) is 17.5 Å². The molecule has 1 unspecified atom stereocenters. The Hall–Kier alpha value is -0.450. The second kappa shape index (κ2) is 5.05. The molecule has 15 heavy (non-hydrogen) atoms. The number of hydrogen-bond acceptors (Lipinski definition) is 4. The molecule has 0 aliphatic carbocycles. The van der Waals surface area contributed by atoms with Crippen molar-refractivity contribution in [2.24, 2.45) is 0 Å². The fourth-order valence-corrected chi connectivity index (χ4v) is 2.76. The van der Waals surface area contributed by atoms with Crippen molar-refractivity contribution < 1.29 is 0 Å². The smallest absolute Gasteiger partial charge is 0.107 e. The van der Waals surface area contributed by atoms with E-state index >= 15 is 0 Å². The van der Waals surface area contributed by atoms with Gasteiger partial charge in [-0.1, -0.05) is 6.92 Å². The third-order valence-electron chi connectivity index (χ3n) is 2.93. The normalized spacial score (nSPS) is 23.2. The number of thiazole rings is 1. The maximum absolute atomic E-state index is 4.47. The molecule has 1 fully saturated rings. The van der Waals surface area contributed by atoms with Gasteiger partial charge in [-0.25, -0.2) is 4.98 Å². The molecule has 1 aromatic heterocycles. The molecule has 0 radical (unpaired) electrons. The largest absolute Gasteiger partial charge is 0.314 e. The Morgan fingerprint density at radius 1 is 1.67 bits per heavy atom. The van der Waals surface area contributed by atoms with Gasteiger partial charge < -0.3 is 5.32 Å². The summed E-state index contributed by atoms with van der Waals surface area (Å²) in [7, 11) is 0. The van der Waals surface area contributed by atoms with Crippen molar-refractivity contribution in [2.75, 3.05) is 19.6 Å². The molecule has 0 spiro atoms. The lowest BCUT2D eigenvalue weighted by Crippen LogP contribution is -2.49. The highest BCUT2D eigenvalue weighted by Crippen LogP contribution is 2.17. The van der Waals surface area contributed by atoms with Gasteiger partial charge in [0, 0.05) is 36.8 Å². The standard InChI is InChI=1S/C11H19N3S/c1-3-10-7-13-11(15-10)8-14-5-4-12-6-9(14)2/h7,9,12H,3-6,8H2,1-2H3. The Morgan fingerprint density at radius 2 is 2.53 bits per heavy atom. The second-order valence-corrected chi connectivity index (χ2v) is 5.30. The van der Waals surface area contributed by atoms with Crippen LogP contribution in [-0.2, 0) is 13.0 Å². The zero-order valence-electron chi connectivity index (χ0n) is 9.49. The Kier molecular flexibility index (Phi) is 3.72. The van der Waals surface area contributed by atoms with Gasteiger partial charge in [-0.05, 0) is 13.3 Å². The van der Waals surface area contributed by atoms with Gasteiger partial charge in [0.1, 0.15) is 5.01 Å². The van der Waals surface area contributed by atoms with Crippen LogP contribution in [0.2, 0.25) is 0 Å². The maximum Gasteiger partial charge on any atom is 0.107 e. The quantitative estimate of drug-likeness (QED) is 0.845. The van der Waals surface area contributed by atoms with Crippen molar-refractivity contribution in [1.29, 1.82) is 0 Å². The average Bonchev–Trinajstić information content (AvgIpc) is 2.69. The van der Waals surface area contributed by atoms with Crippen molar-refractivity contribution in [3.05, 3.63) is 16.1 Å². The number of nitrogens with zero attached hydrogens (tertiary/aromatic N) is 2. The maximum atomic E-state index is 4.47. The third-order valence-corrected chi connectivity index (χ3v) is 4.05. The van der Waals surface area contributed by atoms with Gasteiger partial charge in [-0.15, -0.1) is 11.3 Å². The fraction of sp³-hybridized carbons (Fsp3) is 0.727. The molecule has 0 bridgehead atoms. The number of piperazine rings is 1. The van der Waals surface area contributed by atoms with E-state index in [0.29, 0.717) is 6.04 Å². The highest BCUT2D eigenvalue weighted by Gasteiger charge is 2.18. The Bertz CT molecular complexity index is 311. The van der Waals surface area contributed by atoms with E-state index in [1.54, 1.807) is 0 Å². The van der Waals surface area contributed by atoms with Crippen LogP contribution in [-0.4, -0.2) is 35.6 Å². The number of nitrogens with one attached hydrogen (secondary N) is 1. The van der Waals surface area contributed by atoms with Gasteiger partial charge in [-0.2, -0.15) is 0 Å². The number of aromatic nitrogens is 1. The SMILES string of the molecule is CCc1cnc(CN2CCNCC2C)s1. The van der Waals surface area contributed by atoms with E-state index in [-0.39, 0.29) is 0 Å². The van der Waals surface area contributed by atoms with Crippen molar-refractivity contribution in [3.8, 4) is 0 Å². The summed E-state index contributed by atoms with van der Waals surface area (Å²) in [4.78, 5) is 8.38. The van der Waals surface area contributed by atoms with Crippen LogP contribution in [0.25, 0.3) is 0 Å². The third kappa shape index (κ3) is 2.77. The summed E-state index contributed by atoms with van der Waals surface area (Å²) in [5.74, 6) is 0. The Balaban J connectivity index is 1.95. The van der Waals surface area contributed by atoms with Gasteiger partial charge in [0.05, 0.1) is 6.54 Å². The zero-order valence-corrected chi connectivity index (χ0v) is 10.3. The molecule has 1 aliphatic rings. The molecule has 84 valence electrons. The highest BCUT2D eigenvalue weighted by molar-refractivity contribution is 7.11. The molecule has 0 saturated carbocycles. The lowest BCUT2D eigenvalue weighted by atomic mass is 10.2. The summed E-state index contributed by atoms with van der Waals surface area (Å²) in [6.45, 7) is 8.84. The average molecular weight is 225 g/mol. The molecule has 2 heterocycles. The molecule has 1 N–H and O–H groups in total. The van der Waals surface area contributed by atoms with Gasteiger partial charge in [0.15, 0.2) is 0 Å². The zero-order chi connectivity index (χ0) is 10.7. The van der Waals surface area contributed by atoms with Crippen LogP contribution in [0.1, 0.15) is 23.7 Å². The van der Waals surface area contributed by atoms with Crippen LogP contribution >= 0.6 is 11.3 Å². The molecular formula is C11H19N3S. The minimum Gasteiger partial charge on any atom is -0.314 e. The lowest BCUT2D eigenvalue weighted by Gasteiger charge is -2.33. The fourth-order valence-electron chi connectivity index (χ4n) is 1.88. The number of aryl methyl sites for hydroxylation is 1. The molecule has 1 saturated heterocycles. The highest BCUT2D eigenvalue weighted by atomic mass is 32.1. The molecular weight excluding hydrogens is 206 g/mol. The van der Waals surface area contributed by atoms with E-state index in [1.165, 1.54) is 9.88 Å². The summed E-state index contributed by atoms with van der Waals surface area (Å²) in [5.41, 5.74) is 0. The van der Waals surface area contributed by atoms with Crippen molar-refractivity contribution >= 4 is 11.3 Å². The number of rotatable bonds is 3. The van der Waals surface area contributed by atoms with Crippen LogP contribution in [0.3, 0.4) is 0 Å². The van der Waals surface area contributed by atoms with Crippen LogP contribution in [0.4, 0.5) is 0 Å². The summed E-state index contributed by atoms with van der Waals surface area (Å²) in [6.07, 6.45) is 3.13. The summed E-state index contributed by atoms with van der Waals surface area (Å²) >= 11 is 1.86. The number of hydrogen-bond donors (Lipinski definition) is 1. The molecule has 1 aromatic rings. The minimum atomic E-state index is 0.632. The van der Waals surface area contributed by atoms with Gasteiger partial charge in [0.25, 0.3) is 0 Å². The predicted molar refractivity (Wildman–Crippen MR) is 64.2 cm³/mol. The van der Waals surface area contributed by atoms with E-state index in [0.717, 1.165) is 32.6 Å². The molecule has 3 nitrogen and oxygen atoms in total. The Labute approximate surface area is 95.5 Å². The first-order valence-electron chi connectivity index (χ1n) is 5.68. The first-order chi connectivity index (χ1) is 7.29. The predicted octanol–water partition coefficient (Wildman–Crippen LogP) is 1.50. The van der Waals surface area contributed by atoms with Gasteiger partial charge in [0.2, 0.25) is 0 Å². The first-order valence-corrected chi connectivity index (χ1v) is 6.49. The summed E-state index contributed by atoms with van der Waals surface area (Å²) < 4.78 is 0. The molecule has 1 atom stereocenters. The van der Waals surface area contributed by atoms with Crippen molar-refractivity contribution in [1.82, 2.24) is 15.2 Å². The van der Waals surface area contributed by atoms with Gasteiger partial charge in [-0.3, -0.25) is 4.90 Å². The molecule has 0 amide bonds.